The summed E-state index contributed by atoms with van der Waals surface area (Å²) in [4.78, 5) is 13.0. The summed E-state index contributed by atoms with van der Waals surface area (Å²) in [5.41, 5.74) is 1.34. The highest BCUT2D eigenvalue weighted by molar-refractivity contribution is 7.92. The summed E-state index contributed by atoms with van der Waals surface area (Å²) in [5.74, 6) is -0.252. The Kier molecular flexibility index (Phi) is 7.31. The Hall–Kier alpha value is -2.34. The van der Waals surface area contributed by atoms with E-state index in [2.05, 4.69) is 5.32 Å². The molecule has 0 heterocycles. The van der Waals surface area contributed by atoms with Crippen LogP contribution in [-0.4, -0.2) is 26.9 Å². The number of sulfonamides is 1. The molecule has 1 N–H and O–H groups in total. The van der Waals surface area contributed by atoms with Gasteiger partial charge in [-0.3, -0.25) is 9.10 Å². The van der Waals surface area contributed by atoms with Crippen molar-refractivity contribution in [3.05, 3.63) is 60.2 Å². The van der Waals surface area contributed by atoms with Gasteiger partial charge in [0.1, 0.15) is 6.54 Å². The normalized spacial score (nSPS) is 15.9. The third-order valence-corrected chi connectivity index (χ3v) is 7.25. The zero-order valence-electron chi connectivity index (χ0n) is 17.0. The molecule has 5 nitrogen and oxygen atoms in total. The summed E-state index contributed by atoms with van der Waals surface area (Å²) in [7, 11) is -3.85. The van der Waals surface area contributed by atoms with Gasteiger partial charge in [0, 0.05) is 6.04 Å². The summed E-state index contributed by atoms with van der Waals surface area (Å²) in [6.07, 6.45) is 7.79. The number of anilines is 1. The molecule has 0 spiro atoms. The van der Waals surface area contributed by atoms with E-state index in [0.29, 0.717) is 5.69 Å². The number of hydrogen-bond acceptors (Lipinski definition) is 3. The van der Waals surface area contributed by atoms with Crippen LogP contribution in [0.5, 0.6) is 0 Å². The largest absolute Gasteiger partial charge is 0.352 e. The number of nitrogens with zero attached hydrogens (tertiary/aromatic N) is 1. The maximum Gasteiger partial charge on any atom is 0.264 e. The molecule has 2 aromatic carbocycles. The smallest absolute Gasteiger partial charge is 0.264 e. The zero-order chi connectivity index (χ0) is 20.7. The van der Waals surface area contributed by atoms with Gasteiger partial charge in [-0.25, -0.2) is 8.42 Å². The van der Waals surface area contributed by atoms with E-state index in [0.717, 1.165) is 31.2 Å². The van der Waals surface area contributed by atoms with Crippen molar-refractivity contribution in [2.75, 3.05) is 10.8 Å². The average molecular weight is 415 g/mol. The predicted molar refractivity (Wildman–Crippen MR) is 116 cm³/mol. The van der Waals surface area contributed by atoms with Crippen molar-refractivity contribution in [2.45, 2.75) is 62.8 Å². The fourth-order valence-corrected chi connectivity index (χ4v) is 5.37. The monoisotopic (exact) mass is 414 g/mol. The molecule has 2 aromatic rings. The highest BCUT2D eigenvalue weighted by Gasteiger charge is 2.28. The lowest BCUT2D eigenvalue weighted by atomic mass is 9.97. The van der Waals surface area contributed by atoms with E-state index in [-0.39, 0.29) is 23.4 Å². The first-order valence-corrected chi connectivity index (χ1v) is 11.9. The van der Waals surface area contributed by atoms with Crippen molar-refractivity contribution in [2.24, 2.45) is 0 Å². The van der Waals surface area contributed by atoms with Crippen LogP contribution in [0.3, 0.4) is 0 Å². The van der Waals surface area contributed by atoms with Gasteiger partial charge in [0.2, 0.25) is 5.91 Å². The lowest BCUT2D eigenvalue weighted by Crippen LogP contribution is -2.44. The average Bonchev–Trinajstić information content (AvgIpc) is 2.69. The van der Waals surface area contributed by atoms with E-state index >= 15 is 0 Å². The van der Waals surface area contributed by atoms with Crippen molar-refractivity contribution >= 4 is 21.6 Å². The molecule has 0 aliphatic heterocycles. The summed E-state index contributed by atoms with van der Waals surface area (Å²) < 4.78 is 28.0. The highest BCUT2D eigenvalue weighted by atomic mass is 32.2. The Morgan fingerprint density at radius 2 is 1.52 bits per heavy atom. The van der Waals surface area contributed by atoms with E-state index in [1.165, 1.54) is 23.6 Å². The Bertz CT molecular complexity index is 905. The first-order valence-electron chi connectivity index (χ1n) is 10.4. The molecular formula is C23H30N2O3S. The van der Waals surface area contributed by atoms with Gasteiger partial charge in [-0.05, 0) is 43.5 Å². The van der Waals surface area contributed by atoms with E-state index in [4.69, 9.17) is 0 Å². The molecule has 1 aliphatic carbocycles. The summed E-state index contributed by atoms with van der Waals surface area (Å²) in [5, 5.41) is 3.08. The Morgan fingerprint density at radius 3 is 2.17 bits per heavy atom. The number of rotatable bonds is 6. The number of benzene rings is 2. The molecule has 0 bridgehead atoms. The van der Waals surface area contributed by atoms with Gasteiger partial charge in [0.15, 0.2) is 0 Å². The predicted octanol–water partition coefficient (Wildman–Crippen LogP) is 4.42. The number of aryl methyl sites for hydroxylation is 1. The molecule has 1 fully saturated rings. The topological polar surface area (TPSA) is 66.5 Å². The minimum atomic E-state index is -3.85. The maximum atomic E-state index is 13.4. The molecule has 156 valence electrons. The minimum Gasteiger partial charge on any atom is -0.352 e. The summed E-state index contributed by atoms with van der Waals surface area (Å²) in [6, 6.07) is 15.7. The number of hydrogen-bond donors (Lipinski definition) is 1. The van der Waals surface area contributed by atoms with Crippen LogP contribution in [-0.2, 0) is 14.8 Å². The molecule has 1 aliphatic rings. The van der Waals surface area contributed by atoms with Crippen molar-refractivity contribution in [1.29, 1.82) is 0 Å². The SMILES string of the molecule is Cc1ccccc1N(CC(=O)NC1CCCCCCC1)S(=O)(=O)c1ccccc1. The van der Waals surface area contributed by atoms with Gasteiger partial charge in [-0.2, -0.15) is 0 Å². The Balaban J connectivity index is 1.84. The van der Waals surface area contributed by atoms with Gasteiger partial charge in [-0.1, -0.05) is 68.5 Å². The molecule has 29 heavy (non-hydrogen) atoms. The Morgan fingerprint density at radius 1 is 0.931 bits per heavy atom. The quantitative estimate of drug-likeness (QED) is 0.761. The van der Waals surface area contributed by atoms with Crippen molar-refractivity contribution in [1.82, 2.24) is 5.32 Å². The van der Waals surface area contributed by atoms with Crippen LogP contribution >= 0.6 is 0 Å². The second-order valence-corrected chi connectivity index (χ2v) is 9.58. The van der Waals surface area contributed by atoms with Crippen molar-refractivity contribution in [3.8, 4) is 0 Å². The van der Waals surface area contributed by atoms with E-state index in [1.807, 2.05) is 19.1 Å². The molecule has 0 radical (unpaired) electrons. The van der Waals surface area contributed by atoms with Crippen LogP contribution in [0.25, 0.3) is 0 Å². The van der Waals surface area contributed by atoms with Crippen LogP contribution in [0.4, 0.5) is 5.69 Å². The second-order valence-electron chi connectivity index (χ2n) is 7.72. The number of carbonyl (C=O) groups is 1. The molecular weight excluding hydrogens is 384 g/mol. The Labute approximate surface area is 174 Å². The van der Waals surface area contributed by atoms with Crippen LogP contribution in [0.1, 0.15) is 50.5 Å². The van der Waals surface area contributed by atoms with Gasteiger partial charge >= 0.3 is 0 Å². The molecule has 0 aromatic heterocycles. The van der Waals surface area contributed by atoms with Gasteiger partial charge < -0.3 is 5.32 Å². The molecule has 6 heteroatoms. The standard InChI is InChI=1S/C23H30N2O3S/c1-19-12-10-11-17-22(19)25(29(27,28)21-15-8-5-9-16-21)18-23(26)24-20-13-6-3-2-4-7-14-20/h5,8-12,15-17,20H,2-4,6-7,13-14,18H2,1H3,(H,24,26). The van der Waals surface area contributed by atoms with E-state index in [1.54, 1.807) is 42.5 Å². The fourth-order valence-electron chi connectivity index (χ4n) is 3.87. The molecule has 1 amide bonds. The molecule has 1 saturated carbocycles. The van der Waals surface area contributed by atoms with Crippen molar-refractivity contribution in [3.63, 3.8) is 0 Å². The van der Waals surface area contributed by atoms with Crippen LogP contribution in [0.2, 0.25) is 0 Å². The van der Waals surface area contributed by atoms with E-state index < -0.39 is 10.0 Å². The van der Waals surface area contributed by atoms with Crippen LogP contribution in [0, 0.1) is 6.92 Å². The van der Waals surface area contributed by atoms with Gasteiger partial charge in [-0.15, -0.1) is 0 Å². The molecule has 3 rings (SSSR count). The highest BCUT2D eigenvalue weighted by Crippen LogP contribution is 2.26. The van der Waals surface area contributed by atoms with Crippen LogP contribution in [0.15, 0.2) is 59.5 Å². The summed E-state index contributed by atoms with van der Waals surface area (Å²) >= 11 is 0. The van der Waals surface area contributed by atoms with Gasteiger partial charge in [0.05, 0.1) is 10.6 Å². The first kappa shape index (κ1) is 21.4. The molecule has 0 unspecified atom stereocenters. The third-order valence-electron chi connectivity index (χ3n) is 5.47. The number of nitrogens with one attached hydrogen (secondary N) is 1. The number of para-hydroxylation sites is 1. The molecule has 0 saturated heterocycles. The zero-order valence-corrected chi connectivity index (χ0v) is 17.8. The molecule has 0 atom stereocenters. The number of amides is 1. The van der Waals surface area contributed by atoms with Crippen LogP contribution < -0.4 is 9.62 Å². The number of carbonyl (C=O) groups excluding carboxylic acids is 1. The van der Waals surface area contributed by atoms with Gasteiger partial charge in [0.25, 0.3) is 10.0 Å². The maximum absolute atomic E-state index is 13.4. The lowest BCUT2D eigenvalue weighted by molar-refractivity contribution is -0.120. The van der Waals surface area contributed by atoms with E-state index in [9.17, 15) is 13.2 Å². The fraction of sp³-hybridized carbons (Fsp3) is 0.435. The summed E-state index contributed by atoms with van der Waals surface area (Å²) in [6.45, 7) is 1.63. The minimum absolute atomic E-state index is 0.126. The lowest BCUT2D eigenvalue weighted by Gasteiger charge is -2.27. The first-order chi connectivity index (χ1) is 14.0. The third kappa shape index (κ3) is 5.60. The van der Waals surface area contributed by atoms with Crippen molar-refractivity contribution < 1.29 is 13.2 Å². The second kappa shape index (κ2) is 9.92.